The third-order valence-electron chi connectivity index (χ3n) is 4.31. The lowest BCUT2D eigenvalue weighted by Gasteiger charge is -2.10. The summed E-state index contributed by atoms with van der Waals surface area (Å²) in [7, 11) is 3.23. The standard InChI is InChI=1S/C23H22ClIN2O3/c1-28-22-9-5-17(11-23(22)29-2)13-26-27-14-18-12-19(24)6-10-21(18)30-15-16-3-7-20(25)8-4-16/h3-12,14,26H,13,15H2,1-2H3/b27-14+. The number of benzene rings is 3. The Labute approximate surface area is 195 Å². The number of rotatable bonds is 9. The first kappa shape index (κ1) is 22.2. The molecule has 0 amide bonds. The molecule has 0 aliphatic rings. The lowest BCUT2D eigenvalue weighted by molar-refractivity contribution is 0.306. The molecule has 3 rings (SSSR count). The summed E-state index contributed by atoms with van der Waals surface area (Å²) in [6.45, 7) is 1.01. The molecule has 0 fully saturated rings. The fraction of sp³-hybridized carbons (Fsp3) is 0.174. The zero-order valence-electron chi connectivity index (χ0n) is 16.7. The predicted molar refractivity (Wildman–Crippen MR) is 129 cm³/mol. The highest BCUT2D eigenvalue weighted by Crippen LogP contribution is 2.27. The van der Waals surface area contributed by atoms with Gasteiger partial charge >= 0.3 is 0 Å². The summed E-state index contributed by atoms with van der Waals surface area (Å²) >= 11 is 8.44. The van der Waals surface area contributed by atoms with E-state index < -0.39 is 0 Å². The maximum atomic E-state index is 6.16. The summed E-state index contributed by atoms with van der Waals surface area (Å²) in [5.41, 5.74) is 5.95. The number of nitrogens with one attached hydrogen (secondary N) is 1. The summed E-state index contributed by atoms with van der Waals surface area (Å²) < 4.78 is 17.8. The van der Waals surface area contributed by atoms with E-state index in [4.69, 9.17) is 25.8 Å². The van der Waals surface area contributed by atoms with Crippen LogP contribution < -0.4 is 19.6 Å². The van der Waals surface area contributed by atoms with Crippen LogP contribution in [0, 0.1) is 3.57 Å². The first-order chi connectivity index (χ1) is 14.6. The largest absolute Gasteiger partial charge is 0.493 e. The van der Waals surface area contributed by atoms with Gasteiger partial charge in [-0.25, -0.2) is 0 Å². The minimum Gasteiger partial charge on any atom is -0.493 e. The van der Waals surface area contributed by atoms with E-state index in [2.05, 4.69) is 57.4 Å². The highest BCUT2D eigenvalue weighted by atomic mass is 127. The van der Waals surface area contributed by atoms with Crippen molar-refractivity contribution in [2.45, 2.75) is 13.2 Å². The van der Waals surface area contributed by atoms with Gasteiger partial charge in [0.1, 0.15) is 12.4 Å². The van der Waals surface area contributed by atoms with Crippen LogP contribution in [0.25, 0.3) is 0 Å². The molecule has 0 radical (unpaired) electrons. The maximum Gasteiger partial charge on any atom is 0.161 e. The monoisotopic (exact) mass is 536 g/mol. The minimum atomic E-state index is 0.471. The van der Waals surface area contributed by atoms with Gasteiger partial charge < -0.3 is 19.6 Å². The predicted octanol–water partition coefficient (Wildman–Crippen LogP) is 5.66. The van der Waals surface area contributed by atoms with Crippen LogP contribution in [0.1, 0.15) is 16.7 Å². The molecule has 0 bridgehead atoms. The molecular formula is C23H22ClIN2O3. The molecule has 0 aliphatic carbocycles. The van der Waals surface area contributed by atoms with E-state index >= 15 is 0 Å². The van der Waals surface area contributed by atoms with Crippen LogP contribution in [0.5, 0.6) is 17.2 Å². The van der Waals surface area contributed by atoms with E-state index in [1.54, 1.807) is 26.5 Å². The van der Waals surface area contributed by atoms with Gasteiger partial charge in [0.15, 0.2) is 11.5 Å². The smallest absolute Gasteiger partial charge is 0.161 e. The zero-order chi connectivity index (χ0) is 21.3. The molecule has 0 unspecified atom stereocenters. The molecule has 30 heavy (non-hydrogen) atoms. The van der Waals surface area contributed by atoms with E-state index in [1.807, 2.05) is 30.3 Å². The molecule has 7 heteroatoms. The van der Waals surface area contributed by atoms with Crippen LogP contribution in [-0.4, -0.2) is 20.4 Å². The van der Waals surface area contributed by atoms with Gasteiger partial charge in [0.25, 0.3) is 0 Å². The molecule has 3 aromatic rings. The van der Waals surface area contributed by atoms with E-state index in [0.29, 0.717) is 29.7 Å². The second kappa shape index (κ2) is 11.1. The lowest BCUT2D eigenvalue weighted by atomic mass is 10.2. The Kier molecular flexibility index (Phi) is 8.21. The number of hydrogen-bond donors (Lipinski definition) is 1. The van der Waals surface area contributed by atoms with Gasteiger partial charge in [-0.1, -0.05) is 29.8 Å². The highest BCUT2D eigenvalue weighted by molar-refractivity contribution is 14.1. The summed E-state index contributed by atoms with van der Waals surface area (Å²) in [6.07, 6.45) is 1.70. The number of hydrogen-bond acceptors (Lipinski definition) is 5. The third kappa shape index (κ3) is 6.27. The maximum absolute atomic E-state index is 6.16. The highest BCUT2D eigenvalue weighted by Gasteiger charge is 2.05. The fourth-order valence-corrected chi connectivity index (χ4v) is 3.28. The SMILES string of the molecule is COc1ccc(CN/N=C/c2cc(Cl)ccc2OCc2ccc(I)cc2)cc1OC. The Morgan fingerprint density at radius 3 is 2.33 bits per heavy atom. The Hall–Kier alpha value is -2.45. The van der Waals surface area contributed by atoms with E-state index in [0.717, 1.165) is 22.4 Å². The number of nitrogens with zero attached hydrogens (tertiary/aromatic N) is 1. The molecule has 0 saturated heterocycles. The van der Waals surface area contributed by atoms with Crippen molar-refractivity contribution in [2.24, 2.45) is 5.10 Å². The Morgan fingerprint density at radius 1 is 0.900 bits per heavy atom. The number of halogens is 2. The Balaban J connectivity index is 1.63. The molecule has 0 atom stereocenters. The average molecular weight is 537 g/mol. The van der Waals surface area contributed by atoms with Gasteiger partial charge in [0.2, 0.25) is 0 Å². The third-order valence-corrected chi connectivity index (χ3v) is 5.26. The van der Waals surface area contributed by atoms with E-state index in [1.165, 1.54) is 3.57 Å². The molecule has 5 nitrogen and oxygen atoms in total. The van der Waals surface area contributed by atoms with Crippen LogP contribution in [0.2, 0.25) is 5.02 Å². The molecule has 0 saturated carbocycles. The van der Waals surface area contributed by atoms with Crippen molar-refractivity contribution in [3.05, 3.63) is 85.9 Å². The summed E-state index contributed by atoms with van der Waals surface area (Å²) in [5.74, 6) is 2.09. The molecule has 3 aromatic carbocycles. The molecule has 0 aliphatic heterocycles. The minimum absolute atomic E-state index is 0.471. The molecular weight excluding hydrogens is 515 g/mol. The average Bonchev–Trinajstić information content (AvgIpc) is 2.77. The van der Waals surface area contributed by atoms with Crippen molar-refractivity contribution in [2.75, 3.05) is 14.2 Å². The van der Waals surface area contributed by atoms with Crippen LogP contribution >= 0.6 is 34.2 Å². The van der Waals surface area contributed by atoms with Crippen molar-refractivity contribution in [1.29, 1.82) is 0 Å². The van der Waals surface area contributed by atoms with E-state index in [-0.39, 0.29) is 0 Å². The number of methoxy groups -OCH3 is 2. The van der Waals surface area contributed by atoms with Gasteiger partial charge in [-0.05, 0) is 76.2 Å². The van der Waals surface area contributed by atoms with Crippen LogP contribution in [0.3, 0.4) is 0 Å². The first-order valence-corrected chi connectivity index (χ1v) is 10.7. The van der Waals surface area contributed by atoms with Crippen molar-refractivity contribution < 1.29 is 14.2 Å². The Bertz CT molecular complexity index is 1010. The van der Waals surface area contributed by atoms with Gasteiger partial charge in [-0.2, -0.15) is 5.10 Å². The van der Waals surface area contributed by atoms with Gasteiger partial charge in [0, 0.05) is 14.2 Å². The Morgan fingerprint density at radius 2 is 1.60 bits per heavy atom. The fourth-order valence-electron chi connectivity index (χ4n) is 2.74. The molecule has 0 spiro atoms. The second-order valence-electron chi connectivity index (χ2n) is 6.38. The van der Waals surface area contributed by atoms with Gasteiger partial charge in [0.05, 0.1) is 27.0 Å². The normalized spacial score (nSPS) is 10.8. The molecule has 0 heterocycles. The lowest BCUT2D eigenvalue weighted by Crippen LogP contribution is -2.06. The van der Waals surface area contributed by atoms with Crippen molar-refractivity contribution in [3.8, 4) is 17.2 Å². The first-order valence-electron chi connectivity index (χ1n) is 9.22. The number of hydrazone groups is 1. The summed E-state index contributed by atoms with van der Waals surface area (Å²) in [5, 5.41) is 4.94. The zero-order valence-corrected chi connectivity index (χ0v) is 19.6. The van der Waals surface area contributed by atoms with Crippen LogP contribution in [-0.2, 0) is 13.2 Å². The van der Waals surface area contributed by atoms with Crippen molar-refractivity contribution in [1.82, 2.24) is 5.43 Å². The van der Waals surface area contributed by atoms with Crippen molar-refractivity contribution >= 4 is 40.4 Å². The molecule has 0 aromatic heterocycles. The van der Waals surface area contributed by atoms with Crippen LogP contribution in [0.15, 0.2) is 65.8 Å². The summed E-state index contributed by atoms with van der Waals surface area (Å²) in [6, 6.07) is 19.4. The van der Waals surface area contributed by atoms with E-state index in [9.17, 15) is 0 Å². The molecule has 156 valence electrons. The second-order valence-corrected chi connectivity index (χ2v) is 8.06. The van der Waals surface area contributed by atoms with Crippen molar-refractivity contribution in [3.63, 3.8) is 0 Å². The van der Waals surface area contributed by atoms with Gasteiger partial charge in [-0.3, -0.25) is 0 Å². The number of ether oxygens (including phenoxy) is 3. The summed E-state index contributed by atoms with van der Waals surface area (Å²) in [4.78, 5) is 0. The quantitative estimate of drug-likeness (QED) is 0.218. The molecule has 1 N–H and O–H groups in total. The van der Waals surface area contributed by atoms with Crippen LogP contribution in [0.4, 0.5) is 0 Å². The van der Waals surface area contributed by atoms with Gasteiger partial charge in [-0.15, -0.1) is 0 Å². The topological polar surface area (TPSA) is 52.1 Å².